The number of sulfonamides is 1. The molecule has 8 heteroatoms. The van der Waals surface area contributed by atoms with Crippen LogP contribution in [0.25, 0.3) is 0 Å². The van der Waals surface area contributed by atoms with Crippen LogP contribution in [0.5, 0.6) is 0 Å². The number of hydrogen-bond acceptors (Lipinski definition) is 4. The zero-order chi connectivity index (χ0) is 13.8. The summed E-state index contributed by atoms with van der Waals surface area (Å²) < 4.78 is 25.0. The number of hydrogen-bond donors (Lipinski definition) is 2. The van der Waals surface area contributed by atoms with Gasteiger partial charge in [0.25, 0.3) is 0 Å². The summed E-state index contributed by atoms with van der Waals surface area (Å²) >= 11 is 0. The van der Waals surface area contributed by atoms with Crippen LogP contribution >= 0.6 is 0 Å². The summed E-state index contributed by atoms with van der Waals surface area (Å²) in [4.78, 5) is 21.3. The SMILES string of the molecule is NC(=O)C1CCN(S(=O)(=O)CCCC(=O)O)CC1. The Morgan fingerprint density at radius 1 is 1.28 bits per heavy atom. The van der Waals surface area contributed by atoms with Crippen LogP contribution in [-0.4, -0.2) is 48.5 Å². The van der Waals surface area contributed by atoms with Gasteiger partial charge in [0.15, 0.2) is 0 Å². The maximum Gasteiger partial charge on any atom is 0.303 e. The quantitative estimate of drug-likeness (QED) is 0.671. The Labute approximate surface area is 106 Å². The normalized spacial score (nSPS) is 18.7. The van der Waals surface area contributed by atoms with Gasteiger partial charge in [-0.1, -0.05) is 0 Å². The first-order chi connectivity index (χ1) is 8.33. The van der Waals surface area contributed by atoms with Crippen molar-refractivity contribution in [3.05, 3.63) is 0 Å². The zero-order valence-corrected chi connectivity index (χ0v) is 10.9. The number of rotatable bonds is 6. The first-order valence-corrected chi connectivity index (χ1v) is 7.43. The Kier molecular flexibility index (Phi) is 5.09. The van der Waals surface area contributed by atoms with Crippen LogP contribution in [0, 0.1) is 5.92 Å². The molecule has 0 bridgehead atoms. The standard InChI is InChI=1S/C10H18N2O5S/c11-10(15)8-3-5-12(6-4-8)18(16,17)7-1-2-9(13)14/h8H,1-7H2,(H2,11,15)(H,13,14). The van der Waals surface area contributed by atoms with E-state index in [4.69, 9.17) is 10.8 Å². The fraction of sp³-hybridized carbons (Fsp3) is 0.800. The van der Waals surface area contributed by atoms with Gasteiger partial charge in [-0.05, 0) is 19.3 Å². The number of carbonyl (C=O) groups excluding carboxylic acids is 1. The largest absolute Gasteiger partial charge is 0.481 e. The molecule has 7 nitrogen and oxygen atoms in total. The molecule has 1 rings (SSSR count). The van der Waals surface area contributed by atoms with Crippen molar-refractivity contribution >= 4 is 21.9 Å². The van der Waals surface area contributed by atoms with Gasteiger partial charge in [-0.3, -0.25) is 9.59 Å². The van der Waals surface area contributed by atoms with Crippen LogP contribution in [0.4, 0.5) is 0 Å². The molecule has 0 aliphatic carbocycles. The number of piperidine rings is 1. The first-order valence-electron chi connectivity index (χ1n) is 5.82. The minimum Gasteiger partial charge on any atom is -0.481 e. The van der Waals surface area contributed by atoms with E-state index >= 15 is 0 Å². The monoisotopic (exact) mass is 278 g/mol. The highest BCUT2D eigenvalue weighted by molar-refractivity contribution is 7.89. The Morgan fingerprint density at radius 2 is 1.83 bits per heavy atom. The third kappa shape index (κ3) is 4.26. The average Bonchev–Trinajstić information content (AvgIpc) is 2.28. The molecule has 1 amide bonds. The third-order valence-corrected chi connectivity index (χ3v) is 5.00. The number of aliphatic carboxylic acids is 1. The zero-order valence-electron chi connectivity index (χ0n) is 10.0. The van der Waals surface area contributed by atoms with Crippen molar-refractivity contribution in [3.8, 4) is 0 Å². The second kappa shape index (κ2) is 6.14. The number of carboxylic acids is 1. The molecule has 0 spiro atoms. The smallest absolute Gasteiger partial charge is 0.303 e. The summed E-state index contributed by atoms with van der Waals surface area (Å²) in [5.41, 5.74) is 5.16. The minimum absolute atomic E-state index is 0.105. The van der Waals surface area contributed by atoms with Crippen LogP contribution in [0.1, 0.15) is 25.7 Å². The van der Waals surface area contributed by atoms with E-state index < -0.39 is 21.9 Å². The Morgan fingerprint density at radius 3 is 2.28 bits per heavy atom. The van der Waals surface area contributed by atoms with Crippen molar-refractivity contribution < 1.29 is 23.1 Å². The van der Waals surface area contributed by atoms with E-state index in [1.807, 2.05) is 0 Å². The van der Waals surface area contributed by atoms with Crippen molar-refractivity contribution in [2.75, 3.05) is 18.8 Å². The molecule has 18 heavy (non-hydrogen) atoms. The lowest BCUT2D eigenvalue weighted by Gasteiger charge is -2.29. The Hall–Kier alpha value is -1.15. The van der Waals surface area contributed by atoms with Crippen LogP contribution in [0.3, 0.4) is 0 Å². The maximum atomic E-state index is 11.9. The molecule has 0 saturated carbocycles. The molecule has 1 aliphatic rings. The molecule has 0 radical (unpaired) electrons. The molecule has 1 aliphatic heterocycles. The molecular formula is C10H18N2O5S. The highest BCUT2D eigenvalue weighted by Crippen LogP contribution is 2.19. The van der Waals surface area contributed by atoms with E-state index in [1.54, 1.807) is 0 Å². The average molecular weight is 278 g/mol. The van der Waals surface area contributed by atoms with Crippen molar-refractivity contribution in [3.63, 3.8) is 0 Å². The summed E-state index contributed by atoms with van der Waals surface area (Å²) in [5, 5.41) is 8.46. The summed E-state index contributed by atoms with van der Waals surface area (Å²) in [5.74, 6) is -1.81. The molecule has 0 atom stereocenters. The van der Waals surface area contributed by atoms with E-state index in [0.29, 0.717) is 12.8 Å². The lowest BCUT2D eigenvalue weighted by atomic mass is 9.98. The first kappa shape index (κ1) is 14.9. The molecule has 104 valence electrons. The molecule has 0 aromatic carbocycles. The number of primary amides is 1. The lowest BCUT2D eigenvalue weighted by Crippen LogP contribution is -2.42. The van der Waals surface area contributed by atoms with Gasteiger partial charge in [-0.25, -0.2) is 12.7 Å². The van der Waals surface area contributed by atoms with Gasteiger partial charge in [-0.15, -0.1) is 0 Å². The summed E-state index contributed by atoms with van der Waals surface area (Å²) in [7, 11) is -3.41. The van der Waals surface area contributed by atoms with Crippen molar-refractivity contribution in [2.45, 2.75) is 25.7 Å². The molecule has 1 saturated heterocycles. The second-order valence-corrected chi connectivity index (χ2v) is 6.48. The number of carbonyl (C=O) groups is 2. The van der Waals surface area contributed by atoms with E-state index in [1.165, 1.54) is 4.31 Å². The molecule has 3 N–H and O–H groups in total. The minimum atomic E-state index is -3.41. The highest BCUT2D eigenvalue weighted by Gasteiger charge is 2.29. The molecule has 1 heterocycles. The van der Waals surface area contributed by atoms with Gasteiger partial charge in [-0.2, -0.15) is 0 Å². The number of nitrogens with zero attached hydrogens (tertiary/aromatic N) is 1. The molecule has 0 aromatic rings. The molecular weight excluding hydrogens is 260 g/mol. The van der Waals surface area contributed by atoms with Crippen LogP contribution < -0.4 is 5.73 Å². The van der Waals surface area contributed by atoms with E-state index in [-0.39, 0.29) is 37.6 Å². The van der Waals surface area contributed by atoms with E-state index in [2.05, 4.69) is 0 Å². The molecule has 1 fully saturated rings. The number of amides is 1. The fourth-order valence-corrected chi connectivity index (χ4v) is 3.49. The van der Waals surface area contributed by atoms with Gasteiger partial charge < -0.3 is 10.8 Å². The third-order valence-electron chi connectivity index (χ3n) is 3.04. The second-order valence-electron chi connectivity index (χ2n) is 4.39. The van der Waals surface area contributed by atoms with Crippen LogP contribution in [0.2, 0.25) is 0 Å². The summed E-state index contributed by atoms with van der Waals surface area (Å²) in [6.45, 7) is 0.562. The topological polar surface area (TPSA) is 118 Å². The predicted molar refractivity (Wildman–Crippen MR) is 64.1 cm³/mol. The van der Waals surface area contributed by atoms with Crippen LogP contribution in [0.15, 0.2) is 0 Å². The molecule has 0 unspecified atom stereocenters. The number of carboxylic acid groups (broad SMARTS) is 1. The van der Waals surface area contributed by atoms with Gasteiger partial charge in [0.05, 0.1) is 5.75 Å². The summed E-state index contributed by atoms with van der Waals surface area (Å²) in [6.07, 6.45) is 0.825. The van der Waals surface area contributed by atoms with Gasteiger partial charge in [0, 0.05) is 25.4 Å². The van der Waals surface area contributed by atoms with Crippen molar-refractivity contribution in [1.82, 2.24) is 4.31 Å². The van der Waals surface area contributed by atoms with Gasteiger partial charge in [0.2, 0.25) is 15.9 Å². The van der Waals surface area contributed by atoms with Crippen molar-refractivity contribution in [1.29, 1.82) is 0 Å². The molecule has 0 aromatic heterocycles. The van der Waals surface area contributed by atoms with Crippen LogP contribution in [-0.2, 0) is 19.6 Å². The highest BCUT2D eigenvalue weighted by atomic mass is 32.2. The lowest BCUT2D eigenvalue weighted by molar-refractivity contribution is -0.137. The maximum absolute atomic E-state index is 11.9. The van der Waals surface area contributed by atoms with Crippen molar-refractivity contribution in [2.24, 2.45) is 11.7 Å². The predicted octanol–water partition coefficient (Wildman–Crippen LogP) is -0.622. The fourth-order valence-electron chi connectivity index (χ4n) is 1.95. The Bertz CT molecular complexity index is 412. The van der Waals surface area contributed by atoms with E-state index in [9.17, 15) is 18.0 Å². The van der Waals surface area contributed by atoms with E-state index in [0.717, 1.165) is 0 Å². The van der Waals surface area contributed by atoms with Gasteiger partial charge >= 0.3 is 5.97 Å². The van der Waals surface area contributed by atoms with Gasteiger partial charge in [0.1, 0.15) is 0 Å². The summed E-state index contributed by atoms with van der Waals surface area (Å²) in [6, 6.07) is 0. The number of nitrogens with two attached hydrogens (primary N) is 1. The Balaban J connectivity index is 2.45.